The zero-order valence-corrected chi connectivity index (χ0v) is 27.2. The molecule has 0 saturated heterocycles. The lowest BCUT2D eigenvalue weighted by Crippen LogP contribution is -2.44. The molecule has 1 aromatic carbocycles. The molecule has 2 aliphatic rings. The van der Waals surface area contributed by atoms with Crippen molar-refractivity contribution < 1.29 is 22.7 Å². The van der Waals surface area contributed by atoms with Crippen LogP contribution in [0.5, 0.6) is 0 Å². The van der Waals surface area contributed by atoms with E-state index in [0.29, 0.717) is 5.56 Å². The first-order valence-corrected chi connectivity index (χ1v) is 18.0. The molecule has 1 heterocycles. The van der Waals surface area contributed by atoms with Crippen molar-refractivity contribution in [3.63, 3.8) is 0 Å². The summed E-state index contributed by atoms with van der Waals surface area (Å²) in [6, 6.07) is 4.95. The van der Waals surface area contributed by atoms with Crippen LogP contribution in [0.2, 0.25) is 18.1 Å². The second-order valence-electron chi connectivity index (χ2n) is 14.8. The van der Waals surface area contributed by atoms with Gasteiger partial charge in [-0.05, 0) is 90.7 Å². The summed E-state index contributed by atoms with van der Waals surface area (Å²) in [5.41, 5.74) is 4.64. The van der Waals surface area contributed by atoms with Gasteiger partial charge in [0.05, 0.1) is 11.7 Å². The quantitative estimate of drug-likeness (QED) is 0.270. The highest BCUT2D eigenvalue weighted by molar-refractivity contribution is 6.74. The number of aliphatic hydroxyl groups is 1. The van der Waals surface area contributed by atoms with E-state index in [0.717, 1.165) is 72.3 Å². The normalized spacial score (nSPS) is 22.1. The van der Waals surface area contributed by atoms with E-state index in [1.165, 1.54) is 12.1 Å². The molecule has 3 nitrogen and oxygen atoms in total. The molecule has 0 aliphatic heterocycles. The number of rotatable bonds is 6. The largest absolute Gasteiger partial charge is 0.416 e. The molecule has 0 bridgehead atoms. The summed E-state index contributed by atoms with van der Waals surface area (Å²) in [4.78, 5) is 5.29. The monoisotopic (exact) mass is 587 g/mol. The molecule has 2 unspecified atom stereocenters. The van der Waals surface area contributed by atoms with Crippen LogP contribution in [0.15, 0.2) is 36.4 Å². The van der Waals surface area contributed by atoms with Gasteiger partial charge in [-0.1, -0.05) is 72.8 Å². The molecule has 1 aromatic heterocycles. The van der Waals surface area contributed by atoms with Gasteiger partial charge in [0.2, 0.25) is 0 Å². The van der Waals surface area contributed by atoms with Crippen molar-refractivity contribution >= 4 is 8.32 Å². The van der Waals surface area contributed by atoms with Crippen LogP contribution in [0, 0.1) is 5.41 Å². The predicted molar refractivity (Wildman–Crippen MR) is 163 cm³/mol. The van der Waals surface area contributed by atoms with Crippen molar-refractivity contribution in [2.75, 3.05) is 0 Å². The fourth-order valence-corrected chi connectivity index (χ4v) is 7.47. The second kappa shape index (κ2) is 11.3. The van der Waals surface area contributed by atoms with Crippen molar-refractivity contribution in [3.05, 3.63) is 75.6 Å². The van der Waals surface area contributed by atoms with E-state index in [1.807, 2.05) is 0 Å². The Morgan fingerprint density at radius 2 is 1.66 bits per heavy atom. The summed E-state index contributed by atoms with van der Waals surface area (Å²) < 4.78 is 47.2. The van der Waals surface area contributed by atoms with Gasteiger partial charge in [0.25, 0.3) is 0 Å². The first-order chi connectivity index (χ1) is 18.8. The number of halogens is 3. The Balaban J connectivity index is 1.99. The average molecular weight is 588 g/mol. The van der Waals surface area contributed by atoms with Crippen LogP contribution in [0.1, 0.15) is 137 Å². The lowest BCUT2D eigenvalue weighted by atomic mass is 9.69. The number of fused-ring (bicyclic) bond motifs is 1. The van der Waals surface area contributed by atoms with Crippen molar-refractivity contribution in [2.24, 2.45) is 5.41 Å². The molecule has 0 radical (unpaired) electrons. The van der Waals surface area contributed by atoms with Crippen LogP contribution in [-0.2, 0) is 17.0 Å². The molecule has 0 amide bonds. The molecule has 2 aromatic rings. The summed E-state index contributed by atoms with van der Waals surface area (Å²) in [6.45, 7) is 20.0. The topological polar surface area (TPSA) is 42.4 Å². The minimum atomic E-state index is -4.43. The number of aliphatic hydroxyl groups excluding tert-OH is 1. The van der Waals surface area contributed by atoms with Crippen LogP contribution in [0.25, 0.3) is 0 Å². The third kappa shape index (κ3) is 6.67. The molecule has 7 heteroatoms. The van der Waals surface area contributed by atoms with Crippen molar-refractivity contribution in [2.45, 2.75) is 129 Å². The highest BCUT2D eigenvalue weighted by atomic mass is 28.4. The van der Waals surface area contributed by atoms with Crippen LogP contribution < -0.4 is 0 Å². The molecule has 0 fully saturated rings. The van der Waals surface area contributed by atoms with Gasteiger partial charge in [-0.2, -0.15) is 13.2 Å². The molecule has 226 valence electrons. The Morgan fingerprint density at radius 3 is 2.17 bits per heavy atom. The molecule has 2 aliphatic carbocycles. The van der Waals surface area contributed by atoms with E-state index in [4.69, 9.17) is 9.41 Å². The van der Waals surface area contributed by atoms with E-state index in [2.05, 4.69) is 73.7 Å². The molecule has 41 heavy (non-hydrogen) atoms. The lowest BCUT2D eigenvalue weighted by Gasteiger charge is -2.46. The number of hydrogen-bond acceptors (Lipinski definition) is 3. The standard InChI is InChI=1S/C34H48F3NO2Si/c1-21(2)30-29(31(39)23-15-17-24(18-16-23)34(35,36)37)27(22-13-11-10-12-14-22)28-25(38-30)19-33(6,7)20-26(28)40-41(8,9)32(3,4)5/h10-11,15-18,21-22,26,31,39H,12-14,19-20H2,1-9H3/t22?,26?,31-/m1/s1. The minimum absolute atomic E-state index is 0.00141. The molecular weight excluding hydrogens is 539 g/mol. The van der Waals surface area contributed by atoms with Gasteiger partial charge < -0.3 is 9.53 Å². The second-order valence-corrected chi connectivity index (χ2v) is 19.5. The van der Waals surface area contributed by atoms with Crippen LogP contribution in [-0.4, -0.2) is 18.4 Å². The predicted octanol–water partition coefficient (Wildman–Crippen LogP) is 10.2. The van der Waals surface area contributed by atoms with E-state index >= 15 is 0 Å². The smallest absolute Gasteiger partial charge is 0.410 e. The Hall–Kier alpha value is -1.96. The molecule has 0 spiro atoms. The summed E-state index contributed by atoms with van der Waals surface area (Å²) in [5, 5.41) is 12.0. The van der Waals surface area contributed by atoms with Gasteiger partial charge in [0.1, 0.15) is 6.10 Å². The van der Waals surface area contributed by atoms with Crippen LogP contribution in [0.3, 0.4) is 0 Å². The maximum atomic E-state index is 13.3. The zero-order chi connectivity index (χ0) is 30.5. The van der Waals surface area contributed by atoms with Gasteiger partial charge in [0.15, 0.2) is 8.32 Å². The van der Waals surface area contributed by atoms with Crippen molar-refractivity contribution in [3.8, 4) is 0 Å². The summed E-state index contributed by atoms with van der Waals surface area (Å²) in [6.07, 6.45) is 3.22. The van der Waals surface area contributed by atoms with Gasteiger partial charge in [0, 0.05) is 22.5 Å². The highest BCUT2D eigenvalue weighted by Gasteiger charge is 2.45. The maximum absolute atomic E-state index is 13.3. The van der Waals surface area contributed by atoms with Crippen LogP contribution in [0.4, 0.5) is 13.2 Å². The molecule has 4 rings (SSSR count). The van der Waals surface area contributed by atoms with E-state index in [1.54, 1.807) is 0 Å². The third-order valence-corrected chi connectivity index (χ3v) is 13.9. The number of nitrogens with zero attached hydrogens (tertiary/aromatic N) is 1. The molecule has 3 atom stereocenters. The number of aromatic nitrogens is 1. The van der Waals surface area contributed by atoms with E-state index in [9.17, 15) is 18.3 Å². The fraction of sp³-hybridized carbons (Fsp3) is 0.618. The number of allylic oxidation sites excluding steroid dienone is 2. The van der Waals surface area contributed by atoms with Gasteiger partial charge >= 0.3 is 6.18 Å². The Labute approximate surface area is 245 Å². The van der Waals surface area contributed by atoms with Crippen molar-refractivity contribution in [1.82, 2.24) is 4.98 Å². The highest BCUT2D eigenvalue weighted by Crippen LogP contribution is 2.52. The molecule has 1 N–H and O–H groups in total. The number of pyridine rings is 1. The zero-order valence-electron chi connectivity index (χ0n) is 26.2. The van der Waals surface area contributed by atoms with Crippen molar-refractivity contribution in [1.29, 1.82) is 0 Å². The first kappa shape index (κ1) is 32.0. The molecular formula is C34H48F3NO2Si. The maximum Gasteiger partial charge on any atom is 0.416 e. The first-order valence-electron chi connectivity index (χ1n) is 15.1. The fourth-order valence-electron chi connectivity index (χ4n) is 6.20. The minimum Gasteiger partial charge on any atom is -0.410 e. The SMILES string of the molecule is CC(C)c1nc2c(c(C3CC=CCC3)c1[C@H](O)c1ccc(C(F)(F)F)cc1)C(O[Si](C)(C)C(C)(C)C)CC(C)(C)C2. The molecule has 0 saturated carbocycles. The Kier molecular flexibility index (Phi) is 8.79. The Bertz CT molecular complexity index is 1270. The van der Waals surface area contributed by atoms with E-state index < -0.39 is 26.2 Å². The number of alkyl halides is 3. The summed E-state index contributed by atoms with van der Waals surface area (Å²) in [7, 11) is -2.17. The summed E-state index contributed by atoms with van der Waals surface area (Å²) in [5.74, 6) is 0.210. The van der Waals surface area contributed by atoms with E-state index in [-0.39, 0.29) is 28.4 Å². The Morgan fingerprint density at radius 1 is 1.02 bits per heavy atom. The summed E-state index contributed by atoms with van der Waals surface area (Å²) >= 11 is 0. The number of hydrogen-bond donors (Lipinski definition) is 1. The third-order valence-electron chi connectivity index (χ3n) is 9.42. The number of benzene rings is 1. The van der Waals surface area contributed by atoms with Gasteiger partial charge in [-0.15, -0.1) is 0 Å². The lowest BCUT2D eigenvalue weighted by molar-refractivity contribution is -0.137. The van der Waals surface area contributed by atoms with Crippen LogP contribution >= 0.6 is 0 Å². The van der Waals surface area contributed by atoms with Gasteiger partial charge in [-0.25, -0.2) is 0 Å². The average Bonchev–Trinajstić information content (AvgIpc) is 2.85. The van der Waals surface area contributed by atoms with Gasteiger partial charge in [-0.3, -0.25) is 4.98 Å².